The smallest absolute Gasteiger partial charge is 0.246 e. The van der Waals surface area contributed by atoms with Crippen LogP contribution in [-0.4, -0.2) is 86.9 Å². The Balaban J connectivity index is 1.38. The van der Waals surface area contributed by atoms with Gasteiger partial charge in [0.15, 0.2) is 6.29 Å². The molecule has 2 aliphatic rings. The molecule has 0 aliphatic carbocycles. The number of likely N-dealkylation sites (tertiary alicyclic amines) is 2. The molecule has 0 saturated carbocycles. The topological polar surface area (TPSA) is 145 Å². The highest BCUT2D eigenvalue weighted by atomic mass is 16.5. The monoisotopic (exact) mass is 594 g/mol. The Kier molecular flexibility index (Phi) is 10.8. The average molecular weight is 595 g/mol. The van der Waals surface area contributed by atoms with Crippen LogP contribution in [0.4, 0.5) is 0 Å². The Morgan fingerprint density at radius 1 is 0.907 bits per heavy atom. The summed E-state index contributed by atoms with van der Waals surface area (Å²) in [4.78, 5) is 43.8. The van der Waals surface area contributed by atoms with Crippen molar-refractivity contribution in [2.45, 2.75) is 102 Å². The van der Waals surface area contributed by atoms with E-state index < -0.39 is 30.5 Å². The van der Waals surface area contributed by atoms with Gasteiger partial charge in [0.2, 0.25) is 17.7 Å². The standard InChI is InChI=1S/C33H46N4O6/c1-33(2,3)43-25-15-13-23(14-16-25)20-26(34)31(41)37-18-8-12-28(37)32(42)36-17-7-11-27(36)30(40)35-24(21-29(38)39)19-22-9-5-4-6-10-22/h4-6,9-10,13-16,24,26-29,38-39H,7-8,11-12,17-21,34H2,1-3H3,(H,35,40)/t24-,26-,27-,28-/m0/s1. The van der Waals surface area contributed by atoms with Crippen LogP contribution < -0.4 is 15.8 Å². The molecule has 4 rings (SSSR count). The van der Waals surface area contributed by atoms with Crippen LogP contribution in [0.2, 0.25) is 0 Å². The zero-order valence-corrected chi connectivity index (χ0v) is 25.4. The maximum absolute atomic E-state index is 13.8. The molecule has 43 heavy (non-hydrogen) atoms. The van der Waals surface area contributed by atoms with E-state index in [0.29, 0.717) is 51.6 Å². The van der Waals surface area contributed by atoms with Crippen molar-refractivity contribution in [3.63, 3.8) is 0 Å². The fourth-order valence-corrected chi connectivity index (χ4v) is 6.03. The summed E-state index contributed by atoms with van der Waals surface area (Å²) in [5.74, 6) is -0.0875. The van der Waals surface area contributed by atoms with Gasteiger partial charge >= 0.3 is 0 Å². The predicted molar refractivity (Wildman–Crippen MR) is 163 cm³/mol. The van der Waals surface area contributed by atoms with Gasteiger partial charge < -0.3 is 35.8 Å². The third-order valence-corrected chi connectivity index (χ3v) is 7.95. The molecule has 0 radical (unpaired) electrons. The van der Waals surface area contributed by atoms with Crippen molar-refractivity contribution in [3.05, 3.63) is 65.7 Å². The molecule has 0 spiro atoms. The van der Waals surface area contributed by atoms with Crippen LogP contribution in [-0.2, 0) is 27.2 Å². The number of hydrogen-bond donors (Lipinski definition) is 4. The van der Waals surface area contributed by atoms with Crippen molar-refractivity contribution in [1.82, 2.24) is 15.1 Å². The summed E-state index contributed by atoms with van der Waals surface area (Å²) in [7, 11) is 0. The lowest BCUT2D eigenvalue weighted by Crippen LogP contribution is -2.56. The van der Waals surface area contributed by atoms with Gasteiger partial charge in [-0.25, -0.2) is 0 Å². The van der Waals surface area contributed by atoms with Gasteiger partial charge in [-0.15, -0.1) is 0 Å². The van der Waals surface area contributed by atoms with Gasteiger partial charge in [0.05, 0.1) is 6.04 Å². The van der Waals surface area contributed by atoms with Crippen molar-refractivity contribution in [3.8, 4) is 5.75 Å². The first-order chi connectivity index (χ1) is 20.4. The molecule has 2 heterocycles. The van der Waals surface area contributed by atoms with E-state index in [1.165, 1.54) is 0 Å². The second-order valence-corrected chi connectivity index (χ2v) is 12.7. The number of benzene rings is 2. The molecule has 234 valence electrons. The van der Waals surface area contributed by atoms with Gasteiger partial charge in [-0.3, -0.25) is 14.4 Å². The van der Waals surface area contributed by atoms with Crippen LogP contribution in [0.25, 0.3) is 0 Å². The minimum absolute atomic E-state index is 0.0313. The molecule has 2 aromatic rings. The SMILES string of the molecule is CC(C)(C)Oc1ccc(C[C@H](N)C(=O)N2CCC[C@H]2C(=O)N2CCC[C@H]2C(=O)N[C@@H](Cc2ccccc2)CC(O)O)cc1. The molecule has 5 N–H and O–H groups in total. The Hall–Kier alpha value is -3.47. The summed E-state index contributed by atoms with van der Waals surface area (Å²) in [6, 6.07) is 14.4. The number of rotatable bonds is 11. The third-order valence-electron chi connectivity index (χ3n) is 7.95. The molecule has 3 amide bonds. The van der Waals surface area contributed by atoms with E-state index >= 15 is 0 Å². The van der Waals surface area contributed by atoms with E-state index in [1.54, 1.807) is 9.80 Å². The first kappa shape index (κ1) is 32.4. The predicted octanol–water partition coefficient (Wildman–Crippen LogP) is 2.14. The molecule has 2 fully saturated rings. The fraction of sp³-hybridized carbons (Fsp3) is 0.545. The maximum atomic E-state index is 13.8. The van der Waals surface area contributed by atoms with Gasteiger partial charge in [0.25, 0.3) is 0 Å². The van der Waals surface area contributed by atoms with Crippen molar-refractivity contribution in [1.29, 1.82) is 0 Å². The number of carbonyl (C=O) groups is 3. The molecule has 10 heteroatoms. The Labute approximate surface area is 254 Å². The quantitative estimate of drug-likeness (QED) is 0.292. The van der Waals surface area contributed by atoms with E-state index in [1.807, 2.05) is 75.4 Å². The average Bonchev–Trinajstić information content (AvgIpc) is 3.63. The second kappa shape index (κ2) is 14.3. The molecule has 10 nitrogen and oxygen atoms in total. The highest BCUT2D eigenvalue weighted by Gasteiger charge is 2.43. The fourth-order valence-electron chi connectivity index (χ4n) is 6.03. The lowest BCUT2D eigenvalue weighted by molar-refractivity contribution is -0.147. The second-order valence-electron chi connectivity index (χ2n) is 12.7. The van der Waals surface area contributed by atoms with E-state index in [9.17, 15) is 24.6 Å². The van der Waals surface area contributed by atoms with E-state index in [-0.39, 0.29) is 29.7 Å². The molecule has 0 aromatic heterocycles. The Morgan fingerprint density at radius 2 is 1.51 bits per heavy atom. The molecule has 0 unspecified atom stereocenters. The number of nitrogens with one attached hydrogen (secondary N) is 1. The number of carbonyl (C=O) groups excluding carboxylic acids is 3. The molecule has 2 aromatic carbocycles. The van der Waals surface area contributed by atoms with Crippen molar-refractivity contribution >= 4 is 17.7 Å². The van der Waals surface area contributed by atoms with Gasteiger partial charge in [-0.1, -0.05) is 42.5 Å². The summed E-state index contributed by atoms with van der Waals surface area (Å²) in [5.41, 5.74) is 7.91. The summed E-state index contributed by atoms with van der Waals surface area (Å²) < 4.78 is 5.87. The molecule has 2 saturated heterocycles. The largest absolute Gasteiger partial charge is 0.488 e. The molecule has 0 bridgehead atoms. The van der Waals surface area contributed by atoms with Crippen LogP contribution >= 0.6 is 0 Å². The normalized spacial score (nSPS) is 20.3. The maximum Gasteiger partial charge on any atom is 0.246 e. The molecule has 2 aliphatic heterocycles. The summed E-state index contributed by atoms with van der Waals surface area (Å²) in [5, 5.41) is 22.2. The van der Waals surface area contributed by atoms with E-state index in [0.717, 1.165) is 16.9 Å². The molecular formula is C33H46N4O6. The van der Waals surface area contributed by atoms with Crippen molar-refractivity contribution in [2.75, 3.05) is 13.1 Å². The molecule has 4 atom stereocenters. The summed E-state index contributed by atoms with van der Waals surface area (Å²) in [6.07, 6.45) is 1.54. The lowest BCUT2D eigenvalue weighted by Gasteiger charge is -2.33. The Bertz CT molecular complexity index is 1230. The van der Waals surface area contributed by atoms with Crippen LogP contribution in [0.3, 0.4) is 0 Å². The van der Waals surface area contributed by atoms with Crippen LogP contribution in [0.15, 0.2) is 54.6 Å². The first-order valence-corrected chi connectivity index (χ1v) is 15.3. The minimum atomic E-state index is -1.58. The number of amides is 3. The summed E-state index contributed by atoms with van der Waals surface area (Å²) in [6.45, 7) is 6.80. The van der Waals surface area contributed by atoms with Crippen LogP contribution in [0.5, 0.6) is 5.75 Å². The lowest BCUT2D eigenvalue weighted by atomic mass is 10.0. The zero-order chi connectivity index (χ0) is 31.1. The van der Waals surface area contributed by atoms with Crippen molar-refractivity contribution < 1.29 is 29.3 Å². The van der Waals surface area contributed by atoms with Gasteiger partial charge in [-0.2, -0.15) is 0 Å². The summed E-state index contributed by atoms with van der Waals surface area (Å²) >= 11 is 0. The van der Waals surface area contributed by atoms with Gasteiger partial charge in [0, 0.05) is 25.6 Å². The van der Waals surface area contributed by atoms with E-state index in [2.05, 4.69) is 5.32 Å². The molecular weight excluding hydrogens is 548 g/mol. The number of nitrogens with zero attached hydrogens (tertiary/aromatic N) is 2. The van der Waals surface area contributed by atoms with Crippen LogP contribution in [0.1, 0.15) is 64.0 Å². The third kappa shape index (κ3) is 9.01. The van der Waals surface area contributed by atoms with Crippen molar-refractivity contribution in [2.24, 2.45) is 5.73 Å². The van der Waals surface area contributed by atoms with Gasteiger partial charge in [-0.05, 0) is 82.6 Å². The minimum Gasteiger partial charge on any atom is -0.488 e. The van der Waals surface area contributed by atoms with Crippen LogP contribution in [0, 0.1) is 0 Å². The number of nitrogens with two attached hydrogens (primary N) is 1. The van der Waals surface area contributed by atoms with E-state index in [4.69, 9.17) is 10.5 Å². The number of ether oxygens (including phenoxy) is 1. The highest BCUT2D eigenvalue weighted by molar-refractivity contribution is 5.94. The number of aliphatic hydroxyl groups excluding tert-OH is 1. The number of aliphatic hydroxyl groups is 2. The zero-order valence-electron chi connectivity index (χ0n) is 25.4. The Morgan fingerprint density at radius 3 is 2.14 bits per heavy atom. The first-order valence-electron chi connectivity index (χ1n) is 15.3. The number of hydrogen-bond acceptors (Lipinski definition) is 7. The highest BCUT2D eigenvalue weighted by Crippen LogP contribution is 2.26. The van der Waals surface area contributed by atoms with Gasteiger partial charge in [0.1, 0.15) is 23.4 Å².